The number of benzene rings is 3. The quantitative estimate of drug-likeness (QED) is 0.479. The maximum atomic E-state index is 13.5. The Balaban J connectivity index is 1.68. The molecule has 0 saturated carbocycles. The number of methoxy groups -OCH3 is 3. The van der Waals surface area contributed by atoms with Crippen molar-refractivity contribution >= 4 is 17.5 Å². The van der Waals surface area contributed by atoms with Crippen LogP contribution in [0, 0.1) is 0 Å². The summed E-state index contributed by atoms with van der Waals surface area (Å²) in [6.45, 7) is 0.842. The highest BCUT2D eigenvalue weighted by atomic mass is 35.5. The molecule has 0 saturated heterocycles. The van der Waals surface area contributed by atoms with Crippen molar-refractivity contribution in [1.82, 2.24) is 4.90 Å². The lowest BCUT2D eigenvalue weighted by atomic mass is 9.91. The molecule has 0 bridgehead atoms. The van der Waals surface area contributed by atoms with Gasteiger partial charge in [-0.15, -0.1) is 0 Å². The number of nitrogens with zero attached hydrogens (tertiary/aromatic N) is 1. The lowest BCUT2D eigenvalue weighted by Crippen LogP contribution is -2.42. The van der Waals surface area contributed by atoms with E-state index < -0.39 is 0 Å². The molecule has 6 nitrogen and oxygen atoms in total. The second-order valence-corrected chi connectivity index (χ2v) is 8.10. The van der Waals surface area contributed by atoms with Crippen molar-refractivity contribution in [1.29, 1.82) is 0 Å². The van der Waals surface area contributed by atoms with Crippen LogP contribution in [0.5, 0.6) is 23.0 Å². The minimum atomic E-state index is -0.307. The van der Waals surface area contributed by atoms with Crippen LogP contribution in [0.25, 0.3) is 0 Å². The van der Waals surface area contributed by atoms with Gasteiger partial charge >= 0.3 is 0 Å². The van der Waals surface area contributed by atoms with Gasteiger partial charge < -0.3 is 23.8 Å². The van der Waals surface area contributed by atoms with E-state index in [9.17, 15) is 4.79 Å². The molecule has 0 spiro atoms. The van der Waals surface area contributed by atoms with Crippen LogP contribution in [0.3, 0.4) is 0 Å². The van der Waals surface area contributed by atoms with Gasteiger partial charge in [-0.05, 0) is 78.2 Å². The van der Waals surface area contributed by atoms with Crippen LogP contribution in [-0.4, -0.2) is 45.3 Å². The Morgan fingerprint density at radius 2 is 1.55 bits per heavy atom. The third-order valence-corrected chi connectivity index (χ3v) is 6.07. The molecule has 0 aromatic heterocycles. The Morgan fingerprint density at radius 3 is 2.18 bits per heavy atom. The van der Waals surface area contributed by atoms with Gasteiger partial charge in [-0.3, -0.25) is 4.79 Å². The van der Waals surface area contributed by atoms with Gasteiger partial charge in [-0.2, -0.15) is 0 Å². The largest absolute Gasteiger partial charge is 0.497 e. The van der Waals surface area contributed by atoms with E-state index in [0.717, 1.165) is 16.9 Å². The molecule has 3 aromatic carbocycles. The average molecular weight is 468 g/mol. The van der Waals surface area contributed by atoms with Crippen molar-refractivity contribution in [2.45, 2.75) is 12.5 Å². The summed E-state index contributed by atoms with van der Waals surface area (Å²) in [5, 5.41) is 0.590. The van der Waals surface area contributed by atoms with Gasteiger partial charge in [0.05, 0.1) is 27.4 Å². The first-order valence-corrected chi connectivity index (χ1v) is 11.0. The van der Waals surface area contributed by atoms with Crippen molar-refractivity contribution in [2.75, 3.05) is 34.5 Å². The van der Waals surface area contributed by atoms with E-state index in [0.29, 0.717) is 40.8 Å². The first-order chi connectivity index (χ1) is 16.0. The lowest BCUT2D eigenvalue weighted by Gasteiger charge is -2.37. The van der Waals surface area contributed by atoms with E-state index in [2.05, 4.69) is 0 Å². The maximum Gasteiger partial charge on any atom is 0.254 e. The summed E-state index contributed by atoms with van der Waals surface area (Å²) in [5.41, 5.74) is 2.67. The molecule has 3 aromatic rings. The summed E-state index contributed by atoms with van der Waals surface area (Å²) in [5.74, 6) is 2.66. The standard InChI is InChI=1S/C26H26ClNO5/c1-30-20-8-10-21(11-9-20)33-16-23-22-15-25(32-3)24(31-2)14-18(22)12-13-28(23)26(29)17-4-6-19(27)7-5-17/h4-11,14-15,23H,12-13,16H2,1-3H3/t23-/m1/s1. The molecule has 33 heavy (non-hydrogen) atoms. The third kappa shape index (κ3) is 4.86. The monoisotopic (exact) mass is 467 g/mol. The lowest BCUT2D eigenvalue weighted by molar-refractivity contribution is 0.0589. The van der Waals surface area contributed by atoms with Crippen LogP contribution in [-0.2, 0) is 6.42 Å². The van der Waals surface area contributed by atoms with Gasteiger partial charge in [0.2, 0.25) is 0 Å². The van der Waals surface area contributed by atoms with Crippen molar-refractivity contribution < 1.29 is 23.7 Å². The molecule has 0 aliphatic carbocycles. The number of fused-ring (bicyclic) bond motifs is 1. The minimum absolute atomic E-state index is 0.0737. The molecule has 1 amide bonds. The van der Waals surface area contributed by atoms with Gasteiger partial charge in [0, 0.05) is 17.1 Å². The number of hydrogen-bond acceptors (Lipinski definition) is 5. The molecule has 1 atom stereocenters. The number of carbonyl (C=O) groups is 1. The molecule has 0 N–H and O–H groups in total. The van der Waals surface area contributed by atoms with E-state index in [1.54, 1.807) is 45.6 Å². The van der Waals surface area contributed by atoms with Crippen LogP contribution in [0.2, 0.25) is 5.02 Å². The highest BCUT2D eigenvalue weighted by molar-refractivity contribution is 6.30. The summed E-state index contributed by atoms with van der Waals surface area (Å²) >= 11 is 6.02. The second kappa shape index (κ2) is 10.0. The Hall–Kier alpha value is -3.38. The number of rotatable bonds is 7. The molecule has 1 heterocycles. The number of ether oxygens (including phenoxy) is 4. The molecule has 7 heteroatoms. The van der Waals surface area contributed by atoms with E-state index in [1.165, 1.54) is 0 Å². The summed E-state index contributed by atoms with van der Waals surface area (Å²) in [4.78, 5) is 15.3. The highest BCUT2D eigenvalue weighted by Crippen LogP contribution is 2.39. The molecule has 0 unspecified atom stereocenters. The number of halogens is 1. The Morgan fingerprint density at radius 1 is 0.909 bits per heavy atom. The SMILES string of the molecule is COc1ccc(OC[C@@H]2c3cc(OC)c(OC)cc3CCN2C(=O)c2ccc(Cl)cc2)cc1. The summed E-state index contributed by atoms with van der Waals surface area (Å²) in [6, 6.07) is 17.9. The van der Waals surface area contributed by atoms with E-state index in [1.807, 2.05) is 41.3 Å². The van der Waals surface area contributed by atoms with E-state index >= 15 is 0 Å². The molecule has 1 aliphatic heterocycles. The van der Waals surface area contributed by atoms with Gasteiger partial charge in [0.15, 0.2) is 11.5 Å². The van der Waals surface area contributed by atoms with Gasteiger partial charge in [-0.1, -0.05) is 11.6 Å². The van der Waals surface area contributed by atoms with Crippen molar-refractivity contribution in [3.05, 3.63) is 82.4 Å². The number of carbonyl (C=O) groups excluding carboxylic acids is 1. The van der Waals surface area contributed by atoms with Crippen LogP contribution in [0.4, 0.5) is 0 Å². The summed E-state index contributed by atoms with van der Waals surface area (Å²) in [7, 11) is 4.84. The highest BCUT2D eigenvalue weighted by Gasteiger charge is 2.33. The van der Waals surface area contributed by atoms with Crippen molar-refractivity contribution in [2.24, 2.45) is 0 Å². The van der Waals surface area contributed by atoms with Crippen LogP contribution in [0.15, 0.2) is 60.7 Å². The zero-order valence-electron chi connectivity index (χ0n) is 18.8. The van der Waals surface area contributed by atoms with E-state index in [4.69, 9.17) is 30.5 Å². The third-order valence-electron chi connectivity index (χ3n) is 5.82. The fourth-order valence-corrected chi connectivity index (χ4v) is 4.18. The first kappa shape index (κ1) is 22.8. The molecular weight excluding hydrogens is 442 g/mol. The zero-order valence-corrected chi connectivity index (χ0v) is 19.6. The summed E-state index contributed by atoms with van der Waals surface area (Å²) < 4.78 is 22.4. The van der Waals surface area contributed by atoms with Gasteiger partial charge in [0.1, 0.15) is 18.1 Å². The normalized spacial score (nSPS) is 14.9. The molecular formula is C26H26ClNO5. The van der Waals surface area contributed by atoms with Crippen LogP contribution in [0.1, 0.15) is 27.5 Å². The summed E-state index contributed by atoms with van der Waals surface area (Å²) in [6.07, 6.45) is 0.702. The fraction of sp³-hybridized carbons (Fsp3) is 0.269. The number of hydrogen-bond donors (Lipinski definition) is 0. The zero-order chi connectivity index (χ0) is 23.4. The molecule has 4 rings (SSSR count). The maximum absolute atomic E-state index is 13.5. The van der Waals surface area contributed by atoms with Gasteiger partial charge in [-0.25, -0.2) is 0 Å². The van der Waals surface area contributed by atoms with E-state index in [-0.39, 0.29) is 18.6 Å². The number of amides is 1. The predicted molar refractivity (Wildman–Crippen MR) is 127 cm³/mol. The van der Waals surface area contributed by atoms with Crippen LogP contribution < -0.4 is 18.9 Å². The molecule has 0 fully saturated rings. The first-order valence-electron chi connectivity index (χ1n) is 10.6. The van der Waals surface area contributed by atoms with Gasteiger partial charge in [0.25, 0.3) is 5.91 Å². The van der Waals surface area contributed by atoms with Crippen LogP contribution >= 0.6 is 11.6 Å². The topological polar surface area (TPSA) is 57.2 Å². The molecule has 172 valence electrons. The van der Waals surface area contributed by atoms with Crippen molar-refractivity contribution in [3.63, 3.8) is 0 Å². The second-order valence-electron chi connectivity index (χ2n) is 7.66. The Kier molecular flexibility index (Phi) is 6.94. The average Bonchev–Trinajstić information content (AvgIpc) is 2.86. The molecule has 0 radical (unpaired) electrons. The smallest absolute Gasteiger partial charge is 0.254 e. The predicted octanol–water partition coefficient (Wildman–Crippen LogP) is 5.18. The van der Waals surface area contributed by atoms with Crippen molar-refractivity contribution in [3.8, 4) is 23.0 Å². The minimum Gasteiger partial charge on any atom is -0.497 e. The molecule has 1 aliphatic rings. The fourth-order valence-electron chi connectivity index (χ4n) is 4.06. The Labute approximate surface area is 198 Å². The Bertz CT molecular complexity index is 1110.